The van der Waals surface area contributed by atoms with Gasteiger partial charge in [-0.1, -0.05) is 0 Å². The maximum Gasteiger partial charge on any atom is 0.320 e. The normalized spacial score (nSPS) is 25.5. The molecule has 110 valence electrons. The van der Waals surface area contributed by atoms with E-state index in [1.165, 1.54) is 12.8 Å². The van der Waals surface area contributed by atoms with Gasteiger partial charge in [0.05, 0.1) is 6.10 Å². The Bertz CT molecular complexity index is 288. The van der Waals surface area contributed by atoms with E-state index in [4.69, 9.17) is 4.74 Å². The van der Waals surface area contributed by atoms with Crippen LogP contribution in [0.4, 0.5) is 0 Å². The summed E-state index contributed by atoms with van der Waals surface area (Å²) in [5.41, 5.74) is 0. The second kappa shape index (κ2) is 7.22. The van der Waals surface area contributed by atoms with Crippen molar-refractivity contribution in [2.45, 2.75) is 56.7 Å². The zero-order valence-corrected chi connectivity index (χ0v) is 11.8. The molecule has 2 atom stereocenters. The van der Waals surface area contributed by atoms with Gasteiger partial charge in [-0.05, 0) is 52.1 Å². The summed E-state index contributed by atoms with van der Waals surface area (Å²) < 4.78 is 5.70. The van der Waals surface area contributed by atoms with Gasteiger partial charge in [0, 0.05) is 19.2 Å². The Morgan fingerprint density at radius 2 is 2.21 bits per heavy atom. The first kappa shape index (κ1) is 14.8. The monoisotopic (exact) mass is 270 g/mol. The van der Waals surface area contributed by atoms with E-state index >= 15 is 0 Å². The van der Waals surface area contributed by atoms with Crippen molar-refractivity contribution in [1.82, 2.24) is 10.2 Å². The Kier molecular flexibility index (Phi) is 5.60. The van der Waals surface area contributed by atoms with Gasteiger partial charge >= 0.3 is 5.97 Å². The molecule has 19 heavy (non-hydrogen) atoms. The number of rotatable bonds is 8. The van der Waals surface area contributed by atoms with E-state index in [9.17, 15) is 9.90 Å². The molecule has 0 radical (unpaired) electrons. The third-order valence-electron chi connectivity index (χ3n) is 3.90. The minimum Gasteiger partial charge on any atom is -0.480 e. The van der Waals surface area contributed by atoms with Crippen molar-refractivity contribution in [2.24, 2.45) is 0 Å². The average molecular weight is 270 g/mol. The molecule has 5 nitrogen and oxygen atoms in total. The Hall–Kier alpha value is -0.650. The van der Waals surface area contributed by atoms with Crippen molar-refractivity contribution in [2.75, 3.05) is 26.7 Å². The van der Waals surface area contributed by atoms with Crippen LogP contribution in [0.5, 0.6) is 0 Å². The molecule has 0 aromatic carbocycles. The molecule has 2 N–H and O–H groups in total. The highest BCUT2D eigenvalue weighted by molar-refractivity contribution is 5.73. The number of nitrogens with zero attached hydrogens (tertiary/aromatic N) is 1. The molecule has 1 heterocycles. The number of hydrogen-bond acceptors (Lipinski definition) is 4. The lowest BCUT2D eigenvalue weighted by molar-refractivity contribution is -0.139. The first-order valence-electron chi connectivity index (χ1n) is 7.44. The Morgan fingerprint density at radius 1 is 1.42 bits per heavy atom. The Morgan fingerprint density at radius 3 is 2.79 bits per heavy atom. The van der Waals surface area contributed by atoms with Crippen LogP contribution in [0, 0.1) is 0 Å². The summed E-state index contributed by atoms with van der Waals surface area (Å²) in [5.74, 6) is -0.728. The standard InChI is InChI=1S/C14H26N2O3/c1-16(10-12-4-2-3-9-19-12)8-7-13(14(17)18)15-11-5-6-11/h11-13,15H,2-10H2,1H3,(H,17,18). The predicted molar refractivity (Wildman–Crippen MR) is 73.3 cm³/mol. The van der Waals surface area contributed by atoms with Crippen LogP contribution in [0.2, 0.25) is 0 Å². The van der Waals surface area contributed by atoms with Crippen molar-refractivity contribution in [1.29, 1.82) is 0 Å². The summed E-state index contributed by atoms with van der Waals surface area (Å²) in [6.07, 6.45) is 6.79. The molecule has 1 aliphatic heterocycles. The topological polar surface area (TPSA) is 61.8 Å². The Balaban J connectivity index is 1.65. The highest BCUT2D eigenvalue weighted by Gasteiger charge is 2.28. The zero-order chi connectivity index (χ0) is 13.7. The molecule has 2 rings (SSSR count). The quantitative estimate of drug-likeness (QED) is 0.691. The van der Waals surface area contributed by atoms with E-state index in [0.717, 1.165) is 39.0 Å². The maximum absolute atomic E-state index is 11.2. The molecule has 0 amide bonds. The molecule has 2 unspecified atom stereocenters. The highest BCUT2D eigenvalue weighted by Crippen LogP contribution is 2.20. The number of ether oxygens (including phenoxy) is 1. The highest BCUT2D eigenvalue weighted by atomic mass is 16.5. The fourth-order valence-electron chi connectivity index (χ4n) is 2.55. The smallest absolute Gasteiger partial charge is 0.320 e. The first-order valence-corrected chi connectivity index (χ1v) is 7.44. The molecule has 1 aliphatic carbocycles. The second-order valence-corrected chi connectivity index (χ2v) is 5.87. The van der Waals surface area contributed by atoms with Crippen molar-refractivity contribution >= 4 is 5.97 Å². The lowest BCUT2D eigenvalue weighted by Gasteiger charge is -2.28. The molecule has 0 aromatic heterocycles. The van der Waals surface area contributed by atoms with Crippen LogP contribution < -0.4 is 5.32 Å². The SMILES string of the molecule is CN(CCC(NC1CC1)C(=O)O)CC1CCCCO1. The van der Waals surface area contributed by atoms with E-state index < -0.39 is 12.0 Å². The van der Waals surface area contributed by atoms with Crippen LogP contribution in [0.25, 0.3) is 0 Å². The van der Waals surface area contributed by atoms with Gasteiger partial charge in [-0.3, -0.25) is 4.79 Å². The van der Waals surface area contributed by atoms with Crippen molar-refractivity contribution in [3.8, 4) is 0 Å². The van der Waals surface area contributed by atoms with Crippen molar-refractivity contribution in [3.63, 3.8) is 0 Å². The van der Waals surface area contributed by atoms with Gasteiger partial charge in [0.25, 0.3) is 0 Å². The third-order valence-corrected chi connectivity index (χ3v) is 3.90. The van der Waals surface area contributed by atoms with Gasteiger partial charge in [0.1, 0.15) is 6.04 Å². The zero-order valence-electron chi connectivity index (χ0n) is 11.8. The van der Waals surface area contributed by atoms with Crippen LogP contribution >= 0.6 is 0 Å². The van der Waals surface area contributed by atoms with Gasteiger partial charge in [-0.15, -0.1) is 0 Å². The molecular weight excluding hydrogens is 244 g/mol. The number of nitrogens with one attached hydrogen (secondary N) is 1. The van der Waals surface area contributed by atoms with E-state index in [1.54, 1.807) is 0 Å². The lowest BCUT2D eigenvalue weighted by Crippen LogP contribution is -2.42. The maximum atomic E-state index is 11.2. The molecular formula is C14H26N2O3. The summed E-state index contributed by atoms with van der Waals surface area (Å²) >= 11 is 0. The summed E-state index contributed by atoms with van der Waals surface area (Å²) in [4.78, 5) is 13.4. The lowest BCUT2D eigenvalue weighted by atomic mass is 10.1. The van der Waals surface area contributed by atoms with Gasteiger partial charge in [-0.2, -0.15) is 0 Å². The number of likely N-dealkylation sites (N-methyl/N-ethyl adjacent to an activating group) is 1. The molecule has 0 aromatic rings. The molecule has 0 bridgehead atoms. The van der Waals surface area contributed by atoms with E-state index in [0.29, 0.717) is 18.6 Å². The molecule has 1 saturated heterocycles. The van der Waals surface area contributed by atoms with E-state index in [2.05, 4.69) is 10.2 Å². The second-order valence-electron chi connectivity index (χ2n) is 5.87. The van der Waals surface area contributed by atoms with Crippen molar-refractivity contribution < 1.29 is 14.6 Å². The minimum atomic E-state index is -0.728. The Labute approximate surface area is 115 Å². The van der Waals surface area contributed by atoms with Crippen LogP contribution in [0.1, 0.15) is 38.5 Å². The van der Waals surface area contributed by atoms with Crippen LogP contribution in [0.15, 0.2) is 0 Å². The van der Waals surface area contributed by atoms with E-state index in [-0.39, 0.29) is 0 Å². The molecule has 2 aliphatic rings. The summed E-state index contributed by atoms with van der Waals surface area (Å²) in [6.45, 7) is 2.59. The third kappa shape index (κ3) is 5.47. The van der Waals surface area contributed by atoms with Crippen LogP contribution in [0.3, 0.4) is 0 Å². The van der Waals surface area contributed by atoms with Gasteiger partial charge < -0.3 is 20.1 Å². The summed E-state index contributed by atoms with van der Waals surface area (Å²) in [6, 6.07) is 0.0373. The van der Waals surface area contributed by atoms with Crippen LogP contribution in [-0.4, -0.2) is 60.9 Å². The van der Waals surface area contributed by atoms with Gasteiger partial charge in [0.15, 0.2) is 0 Å². The minimum absolute atomic E-state index is 0.332. The molecule has 2 fully saturated rings. The number of aliphatic carboxylic acids is 1. The molecule has 5 heteroatoms. The average Bonchev–Trinajstić information content (AvgIpc) is 3.19. The van der Waals surface area contributed by atoms with Crippen LogP contribution in [-0.2, 0) is 9.53 Å². The van der Waals surface area contributed by atoms with Crippen molar-refractivity contribution in [3.05, 3.63) is 0 Å². The van der Waals surface area contributed by atoms with Gasteiger partial charge in [0.2, 0.25) is 0 Å². The fourth-order valence-corrected chi connectivity index (χ4v) is 2.55. The van der Waals surface area contributed by atoms with Gasteiger partial charge in [-0.25, -0.2) is 0 Å². The number of carbonyl (C=O) groups is 1. The number of hydrogen-bond donors (Lipinski definition) is 2. The largest absolute Gasteiger partial charge is 0.480 e. The number of carboxylic acids is 1. The summed E-state index contributed by atoms with van der Waals surface area (Å²) in [5, 5.41) is 12.4. The summed E-state index contributed by atoms with van der Waals surface area (Å²) in [7, 11) is 2.05. The van der Waals surface area contributed by atoms with E-state index in [1.807, 2.05) is 7.05 Å². The molecule has 1 saturated carbocycles. The first-order chi connectivity index (χ1) is 9.15. The number of carboxylic acid groups (broad SMARTS) is 1. The molecule has 0 spiro atoms. The fraction of sp³-hybridized carbons (Fsp3) is 0.929. The predicted octanol–water partition coefficient (Wildman–Crippen LogP) is 1.08.